The fourth-order valence-electron chi connectivity index (χ4n) is 4.88. The molecule has 0 spiro atoms. The van der Waals surface area contributed by atoms with Crippen LogP contribution in [-0.2, 0) is 14.3 Å². The normalized spacial score (nSPS) is 27.8. The number of carbonyl (C=O) groups is 1. The molecule has 5 atom stereocenters. The Labute approximate surface area is 222 Å². The highest BCUT2D eigenvalue weighted by atomic mass is 128. The summed E-state index contributed by atoms with van der Waals surface area (Å²) in [6, 6.07) is 0. The summed E-state index contributed by atoms with van der Waals surface area (Å²) in [6.45, 7) is 5.76. The molecule has 2 N–H and O–H groups in total. The van der Waals surface area contributed by atoms with Crippen molar-refractivity contribution in [3.8, 4) is 0 Å². The largest absolute Gasteiger partial charge is 0.458 e. The average Bonchev–Trinajstić information content (AvgIpc) is 3.01. The van der Waals surface area contributed by atoms with Gasteiger partial charge in [-0.05, 0) is 77.0 Å². The first kappa shape index (κ1) is 30.9. The highest BCUT2D eigenvalue weighted by Crippen LogP contribution is 2.42. The maximum atomic E-state index is 11.6. The van der Waals surface area contributed by atoms with Gasteiger partial charge in [0.25, 0.3) is 0 Å². The third kappa shape index (κ3) is 12.0. The molecule has 2 aliphatic rings. The standard InChI is InChI=1S/C24H41ClO5.I2/c1-24(2,3)30-23(28)16-29-14-8-7-11-18-19(22(27)15-20(18)25)12-13-21(26)17-9-5-4-6-10-17;1-2/h7-8,17-22,26-27H,4-6,9-16H2,1-3H3;/b8-7-;/t18-,19-,20?,21?,22?;/m1./s1. The SMILES string of the molecule is CC(C)(C)OC(=O)COC/C=C\C[C@H]1C(Cl)CC(O)[C@@H]1CCC(O)C1CCCCC1.II. The highest BCUT2D eigenvalue weighted by molar-refractivity contribution is 15.0. The second kappa shape index (κ2) is 16.5. The van der Waals surface area contributed by atoms with Gasteiger partial charge < -0.3 is 19.7 Å². The van der Waals surface area contributed by atoms with Gasteiger partial charge in [-0.1, -0.05) is 31.4 Å². The van der Waals surface area contributed by atoms with E-state index in [4.69, 9.17) is 21.1 Å². The lowest BCUT2D eigenvalue weighted by atomic mass is 9.81. The summed E-state index contributed by atoms with van der Waals surface area (Å²) in [5.74, 6) is 0.372. The number of allylic oxidation sites excluding steroid dienone is 1. The Balaban J connectivity index is 0.00000249. The summed E-state index contributed by atoms with van der Waals surface area (Å²) in [4.78, 5) is 11.6. The number of aliphatic hydroxyl groups is 2. The third-order valence-corrected chi connectivity index (χ3v) is 6.90. The zero-order valence-corrected chi connectivity index (χ0v) is 24.7. The van der Waals surface area contributed by atoms with E-state index < -0.39 is 11.7 Å². The molecule has 0 saturated heterocycles. The van der Waals surface area contributed by atoms with Crippen molar-refractivity contribution < 1.29 is 24.5 Å². The zero-order valence-electron chi connectivity index (χ0n) is 19.7. The van der Waals surface area contributed by atoms with Gasteiger partial charge in [0.1, 0.15) is 12.2 Å². The molecule has 2 fully saturated rings. The van der Waals surface area contributed by atoms with Gasteiger partial charge in [0.05, 0.1) is 18.8 Å². The average molecular weight is 699 g/mol. The lowest BCUT2D eigenvalue weighted by molar-refractivity contribution is -0.159. The Kier molecular flexibility index (Phi) is 15.9. The van der Waals surface area contributed by atoms with Crippen LogP contribution in [-0.4, -0.2) is 52.6 Å². The van der Waals surface area contributed by atoms with Crippen molar-refractivity contribution in [2.45, 2.75) is 102 Å². The van der Waals surface area contributed by atoms with E-state index >= 15 is 0 Å². The minimum absolute atomic E-state index is 0.0517. The molecule has 8 heteroatoms. The van der Waals surface area contributed by atoms with Crippen molar-refractivity contribution in [2.75, 3.05) is 13.2 Å². The quantitative estimate of drug-likeness (QED) is 0.0911. The Bertz CT molecular complexity index is 549. The maximum absolute atomic E-state index is 11.6. The van der Waals surface area contributed by atoms with E-state index in [1.165, 1.54) is 19.3 Å². The summed E-state index contributed by atoms with van der Waals surface area (Å²) in [5.41, 5.74) is -0.505. The van der Waals surface area contributed by atoms with Crippen molar-refractivity contribution >= 4 is 54.8 Å². The second-order valence-corrected chi connectivity index (χ2v) is 10.6. The molecule has 188 valence electrons. The van der Waals surface area contributed by atoms with Gasteiger partial charge in [0.2, 0.25) is 0 Å². The molecule has 0 radical (unpaired) electrons. The summed E-state index contributed by atoms with van der Waals surface area (Å²) >= 11 is 10.8. The molecule has 0 heterocycles. The lowest BCUT2D eigenvalue weighted by Crippen LogP contribution is -2.27. The number of carbonyl (C=O) groups excluding carboxylic acids is 1. The second-order valence-electron chi connectivity index (χ2n) is 10.00. The Morgan fingerprint density at radius 1 is 1.16 bits per heavy atom. The van der Waals surface area contributed by atoms with Crippen LogP contribution in [0, 0.1) is 17.8 Å². The lowest BCUT2D eigenvalue weighted by Gasteiger charge is -2.29. The summed E-state index contributed by atoms with van der Waals surface area (Å²) in [7, 11) is 0. The van der Waals surface area contributed by atoms with Crippen LogP contribution in [0.1, 0.15) is 78.6 Å². The first-order chi connectivity index (χ1) is 15.2. The fourth-order valence-corrected chi connectivity index (χ4v) is 5.36. The van der Waals surface area contributed by atoms with Crippen LogP contribution in [0.3, 0.4) is 0 Å². The molecule has 32 heavy (non-hydrogen) atoms. The maximum Gasteiger partial charge on any atom is 0.332 e. The van der Waals surface area contributed by atoms with Crippen molar-refractivity contribution in [2.24, 2.45) is 17.8 Å². The molecular formula is C24H41ClI2O5. The van der Waals surface area contributed by atoms with Gasteiger partial charge in [-0.25, -0.2) is 4.79 Å². The Morgan fingerprint density at radius 2 is 1.81 bits per heavy atom. The van der Waals surface area contributed by atoms with Gasteiger partial charge >= 0.3 is 5.97 Å². The zero-order chi connectivity index (χ0) is 24.1. The molecule has 5 nitrogen and oxygen atoms in total. The number of hydrogen-bond donors (Lipinski definition) is 2. The molecule has 0 aliphatic heterocycles. The van der Waals surface area contributed by atoms with Gasteiger partial charge in [-0.3, -0.25) is 0 Å². The molecule has 0 aromatic carbocycles. The summed E-state index contributed by atoms with van der Waals surface area (Å²) in [6.07, 6.45) is 12.2. The number of alkyl halides is 1. The van der Waals surface area contributed by atoms with E-state index in [9.17, 15) is 15.0 Å². The fraction of sp³-hybridized carbons (Fsp3) is 0.875. The highest BCUT2D eigenvalue weighted by Gasteiger charge is 2.40. The molecule has 3 unspecified atom stereocenters. The van der Waals surface area contributed by atoms with Crippen LogP contribution in [0.25, 0.3) is 0 Å². The van der Waals surface area contributed by atoms with E-state index in [0.717, 1.165) is 32.1 Å². The number of esters is 1. The number of rotatable bonds is 10. The number of halogens is 3. The van der Waals surface area contributed by atoms with Crippen molar-refractivity contribution in [1.82, 2.24) is 0 Å². The van der Waals surface area contributed by atoms with E-state index in [1.807, 2.05) is 32.9 Å². The van der Waals surface area contributed by atoms with Gasteiger partial charge in [0, 0.05) is 42.6 Å². The molecule has 0 amide bonds. The van der Waals surface area contributed by atoms with E-state index in [2.05, 4.69) is 37.2 Å². The van der Waals surface area contributed by atoms with Gasteiger partial charge in [-0.2, -0.15) is 0 Å². The van der Waals surface area contributed by atoms with E-state index in [-0.39, 0.29) is 35.9 Å². The summed E-state index contributed by atoms with van der Waals surface area (Å²) in [5, 5.41) is 21.0. The molecule has 0 aromatic heterocycles. The van der Waals surface area contributed by atoms with Gasteiger partial charge in [0.15, 0.2) is 0 Å². The first-order valence-electron chi connectivity index (χ1n) is 11.8. The van der Waals surface area contributed by atoms with Crippen LogP contribution in [0.15, 0.2) is 12.2 Å². The minimum Gasteiger partial charge on any atom is -0.458 e. The van der Waals surface area contributed by atoms with Crippen LogP contribution < -0.4 is 0 Å². The first-order valence-corrected chi connectivity index (χ1v) is 18.5. The third-order valence-electron chi connectivity index (χ3n) is 6.39. The van der Waals surface area contributed by atoms with E-state index in [1.54, 1.807) is 0 Å². The Morgan fingerprint density at radius 3 is 2.44 bits per heavy atom. The predicted octanol–water partition coefficient (Wildman–Crippen LogP) is 6.39. The predicted molar refractivity (Wildman–Crippen MR) is 148 cm³/mol. The molecule has 2 rings (SSSR count). The summed E-state index contributed by atoms with van der Waals surface area (Å²) < 4.78 is 10.6. The molecule has 2 aliphatic carbocycles. The van der Waals surface area contributed by atoms with Crippen LogP contribution in [0.2, 0.25) is 0 Å². The van der Waals surface area contributed by atoms with Crippen molar-refractivity contribution in [3.63, 3.8) is 0 Å². The smallest absolute Gasteiger partial charge is 0.332 e. The monoisotopic (exact) mass is 698 g/mol. The van der Waals surface area contributed by atoms with Crippen LogP contribution in [0.5, 0.6) is 0 Å². The van der Waals surface area contributed by atoms with Crippen molar-refractivity contribution in [1.29, 1.82) is 0 Å². The number of ether oxygens (including phenoxy) is 2. The van der Waals surface area contributed by atoms with Crippen LogP contribution >= 0.6 is 48.8 Å². The van der Waals surface area contributed by atoms with E-state index in [0.29, 0.717) is 18.9 Å². The Hall–Kier alpha value is 0.840. The number of aliphatic hydroxyl groups excluding tert-OH is 2. The van der Waals surface area contributed by atoms with Crippen LogP contribution in [0.4, 0.5) is 0 Å². The molecule has 0 bridgehead atoms. The molecule has 2 saturated carbocycles. The minimum atomic E-state index is -0.505. The van der Waals surface area contributed by atoms with Crippen molar-refractivity contribution in [3.05, 3.63) is 12.2 Å². The number of hydrogen-bond acceptors (Lipinski definition) is 5. The van der Waals surface area contributed by atoms with Gasteiger partial charge in [-0.15, -0.1) is 11.6 Å². The molecular weight excluding hydrogens is 658 g/mol. The molecule has 0 aromatic rings. The topological polar surface area (TPSA) is 76.0 Å².